The van der Waals surface area contributed by atoms with Crippen LogP contribution < -0.4 is 14.4 Å². The van der Waals surface area contributed by atoms with E-state index in [0.717, 1.165) is 16.1 Å². The Morgan fingerprint density at radius 3 is 2.46 bits per heavy atom. The van der Waals surface area contributed by atoms with Crippen LogP contribution in [0.5, 0.6) is 5.75 Å². The molecule has 0 unspecified atom stereocenters. The molecular formula is C19H22Cl2N2O4S. The van der Waals surface area contributed by atoms with Gasteiger partial charge in [0, 0.05) is 5.02 Å². The van der Waals surface area contributed by atoms with Gasteiger partial charge in [-0.2, -0.15) is 0 Å². The van der Waals surface area contributed by atoms with Crippen LogP contribution >= 0.6 is 23.2 Å². The lowest BCUT2D eigenvalue weighted by atomic mass is 10.1. The Labute approximate surface area is 175 Å². The Morgan fingerprint density at radius 1 is 1.11 bits per heavy atom. The molecule has 9 heteroatoms. The topological polar surface area (TPSA) is 75.7 Å². The van der Waals surface area contributed by atoms with Crippen LogP contribution in [0.4, 0.5) is 5.69 Å². The molecule has 2 aromatic carbocycles. The first-order chi connectivity index (χ1) is 13.1. The second-order valence-corrected chi connectivity index (χ2v) is 9.06. The number of benzene rings is 2. The fraction of sp³-hybridized carbons (Fsp3) is 0.316. The largest absolute Gasteiger partial charge is 0.492 e. The van der Waals surface area contributed by atoms with Gasteiger partial charge in [0.2, 0.25) is 15.9 Å². The number of nitrogens with one attached hydrogen (secondary N) is 1. The van der Waals surface area contributed by atoms with Crippen molar-refractivity contribution in [1.82, 2.24) is 5.32 Å². The van der Waals surface area contributed by atoms with Crippen molar-refractivity contribution in [3.8, 4) is 5.75 Å². The maximum absolute atomic E-state index is 12.2. The van der Waals surface area contributed by atoms with E-state index in [1.807, 2.05) is 32.0 Å². The van der Waals surface area contributed by atoms with Crippen LogP contribution in [-0.4, -0.2) is 40.3 Å². The molecule has 28 heavy (non-hydrogen) atoms. The fourth-order valence-electron chi connectivity index (χ4n) is 2.41. The Hall–Kier alpha value is -1.96. The lowest BCUT2D eigenvalue weighted by molar-refractivity contribution is -0.119. The molecule has 0 saturated carbocycles. The third-order valence-electron chi connectivity index (χ3n) is 4.04. The van der Waals surface area contributed by atoms with Gasteiger partial charge < -0.3 is 10.1 Å². The lowest BCUT2D eigenvalue weighted by Gasteiger charge is -2.23. The number of anilines is 1. The van der Waals surface area contributed by atoms with E-state index in [2.05, 4.69) is 5.32 Å². The monoisotopic (exact) mass is 444 g/mol. The predicted octanol–water partition coefficient (Wildman–Crippen LogP) is 3.57. The van der Waals surface area contributed by atoms with Crippen molar-refractivity contribution < 1.29 is 17.9 Å². The van der Waals surface area contributed by atoms with Gasteiger partial charge in [0.25, 0.3) is 0 Å². The van der Waals surface area contributed by atoms with Crippen molar-refractivity contribution in [2.24, 2.45) is 0 Å². The molecule has 0 aliphatic carbocycles. The number of halogens is 2. The van der Waals surface area contributed by atoms with Crippen LogP contribution in [0.1, 0.15) is 11.1 Å². The van der Waals surface area contributed by atoms with Crippen LogP contribution in [0.25, 0.3) is 0 Å². The van der Waals surface area contributed by atoms with E-state index in [4.69, 9.17) is 27.9 Å². The standard InChI is InChI=1S/C19H22Cl2N2O4S/c1-13-4-6-16(10-14(13)2)27-9-8-22-19(24)12-23(28(3,25)26)18-11-15(20)5-7-17(18)21/h4-7,10-11H,8-9,12H2,1-3H3,(H,22,24). The summed E-state index contributed by atoms with van der Waals surface area (Å²) in [5.41, 5.74) is 2.43. The quantitative estimate of drug-likeness (QED) is 0.631. The zero-order valence-electron chi connectivity index (χ0n) is 15.8. The second kappa shape index (κ2) is 9.49. The average Bonchev–Trinajstić information content (AvgIpc) is 2.61. The van der Waals surface area contributed by atoms with Crippen molar-refractivity contribution in [2.75, 3.05) is 30.3 Å². The normalized spacial score (nSPS) is 11.2. The molecule has 0 heterocycles. The minimum atomic E-state index is -3.74. The molecule has 152 valence electrons. The summed E-state index contributed by atoms with van der Waals surface area (Å²) in [6.07, 6.45) is 1.00. The Balaban J connectivity index is 1.95. The Bertz CT molecular complexity index is 964. The number of hydrogen-bond acceptors (Lipinski definition) is 4. The summed E-state index contributed by atoms with van der Waals surface area (Å²) in [6, 6.07) is 10.2. The van der Waals surface area contributed by atoms with Crippen LogP contribution in [0.15, 0.2) is 36.4 Å². The molecule has 0 aromatic heterocycles. The van der Waals surface area contributed by atoms with Gasteiger partial charge >= 0.3 is 0 Å². The lowest BCUT2D eigenvalue weighted by Crippen LogP contribution is -2.41. The zero-order chi connectivity index (χ0) is 20.9. The summed E-state index contributed by atoms with van der Waals surface area (Å²) in [5.74, 6) is 0.228. The highest BCUT2D eigenvalue weighted by molar-refractivity contribution is 7.92. The molecule has 1 amide bonds. The van der Waals surface area contributed by atoms with Crippen LogP contribution in [0, 0.1) is 13.8 Å². The summed E-state index contributed by atoms with van der Waals surface area (Å²) >= 11 is 12.0. The number of carbonyl (C=O) groups is 1. The van der Waals surface area contributed by atoms with Gasteiger partial charge in [-0.15, -0.1) is 0 Å². The van der Waals surface area contributed by atoms with Crippen molar-refractivity contribution in [2.45, 2.75) is 13.8 Å². The van der Waals surface area contributed by atoms with Gasteiger partial charge in [0.15, 0.2) is 0 Å². The van der Waals surface area contributed by atoms with Crippen LogP contribution in [0.2, 0.25) is 10.0 Å². The molecule has 2 aromatic rings. The molecule has 6 nitrogen and oxygen atoms in total. The van der Waals surface area contributed by atoms with Gasteiger partial charge in [-0.05, 0) is 55.3 Å². The number of ether oxygens (including phenoxy) is 1. The summed E-state index contributed by atoms with van der Waals surface area (Å²) in [6.45, 7) is 4.07. The van der Waals surface area contributed by atoms with E-state index >= 15 is 0 Å². The Kier molecular flexibility index (Phi) is 7.57. The third kappa shape index (κ3) is 6.29. The van der Waals surface area contributed by atoms with E-state index < -0.39 is 22.5 Å². The first-order valence-corrected chi connectivity index (χ1v) is 11.1. The average molecular weight is 445 g/mol. The van der Waals surface area contributed by atoms with E-state index in [-0.39, 0.29) is 23.9 Å². The highest BCUT2D eigenvalue weighted by Crippen LogP contribution is 2.30. The molecule has 0 aliphatic rings. The van der Waals surface area contributed by atoms with Crippen molar-refractivity contribution >= 4 is 44.8 Å². The Morgan fingerprint density at radius 2 is 1.82 bits per heavy atom. The number of aryl methyl sites for hydroxylation is 2. The molecule has 0 saturated heterocycles. The van der Waals surface area contributed by atoms with E-state index in [0.29, 0.717) is 10.8 Å². The summed E-state index contributed by atoms with van der Waals surface area (Å²) in [5, 5.41) is 3.14. The molecular weight excluding hydrogens is 423 g/mol. The van der Waals surface area contributed by atoms with Gasteiger partial charge in [0.1, 0.15) is 18.9 Å². The first-order valence-electron chi connectivity index (χ1n) is 8.47. The van der Waals surface area contributed by atoms with Gasteiger partial charge in [-0.3, -0.25) is 9.10 Å². The smallest absolute Gasteiger partial charge is 0.240 e. The van der Waals surface area contributed by atoms with Crippen molar-refractivity contribution in [3.63, 3.8) is 0 Å². The zero-order valence-corrected chi connectivity index (χ0v) is 18.2. The molecule has 0 aliphatic heterocycles. The minimum Gasteiger partial charge on any atom is -0.492 e. The van der Waals surface area contributed by atoms with Gasteiger partial charge in [-0.25, -0.2) is 8.42 Å². The summed E-state index contributed by atoms with van der Waals surface area (Å²) in [7, 11) is -3.74. The number of carbonyl (C=O) groups excluding carboxylic acids is 1. The van der Waals surface area contributed by atoms with E-state index in [1.54, 1.807) is 0 Å². The second-order valence-electron chi connectivity index (χ2n) is 6.31. The molecule has 0 atom stereocenters. The van der Waals surface area contributed by atoms with Gasteiger partial charge in [-0.1, -0.05) is 29.3 Å². The molecule has 0 spiro atoms. The predicted molar refractivity (Wildman–Crippen MR) is 113 cm³/mol. The number of amides is 1. The van der Waals surface area contributed by atoms with Crippen LogP contribution in [0.3, 0.4) is 0 Å². The first kappa shape index (κ1) is 22.3. The number of nitrogens with zero attached hydrogens (tertiary/aromatic N) is 1. The van der Waals surface area contributed by atoms with Gasteiger partial charge in [0.05, 0.1) is 23.5 Å². The minimum absolute atomic E-state index is 0.151. The van der Waals surface area contributed by atoms with Crippen LogP contribution in [-0.2, 0) is 14.8 Å². The third-order valence-corrected chi connectivity index (χ3v) is 5.72. The number of hydrogen-bond donors (Lipinski definition) is 1. The maximum Gasteiger partial charge on any atom is 0.240 e. The highest BCUT2D eigenvalue weighted by Gasteiger charge is 2.23. The molecule has 0 fully saturated rings. The molecule has 0 radical (unpaired) electrons. The van der Waals surface area contributed by atoms with E-state index in [1.165, 1.54) is 23.8 Å². The van der Waals surface area contributed by atoms with E-state index in [9.17, 15) is 13.2 Å². The maximum atomic E-state index is 12.2. The number of sulfonamides is 1. The number of rotatable bonds is 8. The SMILES string of the molecule is Cc1ccc(OCCNC(=O)CN(c2cc(Cl)ccc2Cl)S(C)(=O)=O)cc1C. The van der Waals surface area contributed by atoms with Crippen molar-refractivity contribution in [1.29, 1.82) is 0 Å². The summed E-state index contributed by atoms with van der Waals surface area (Å²) < 4.78 is 30.8. The molecule has 0 bridgehead atoms. The van der Waals surface area contributed by atoms with Crippen molar-refractivity contribution in [3.05, 3.63) is 57.6 Å². The molecule has 2 rings (SSSR count). The molecule has 1 N–H and O–H groups in total. The fourth-order valence-corrected chi connectivity index (χ4v) is 3.70. The summed E-state index contributed by atoms with van der Waals surface area (Å²) in [4.78, 5) is 12.2. The highest BCUT2D eigenvalue weighted by atomic mass is 35.5.